The van der Waals surface area contributed by atoms with Gasteiger partial charge in [-0.2, -0.15) is 0 Å². The van der Waals surface area contributed by atoms with Crippen LogP contribution in [0.4, 0.5) is 0 Å². The normalized spacial score (nSPS) is 16.2. The highest BCUT2D eigenvalue weighted by atomic mass is 16.5. The molecule has 0 atom stereocenters. The zero-order valence-electron chi connectivity index (χ0n) is 11.5. The summed E-state index contributed by atoms with van der Waals surface area (Å²) in [6.45, 7) is 5.42. The summed E-state index contributed by atoms with van der Waals surface area (Å²) in [5.74, 6) is 0.133. The van der Waals surface area contributed by atoms with Gasteiger partial charge >= 0.3 is 0 Å². The van der Waals surface area contributed by atoms with Gasteiger partial charge in [0.2, 0.25) is 11.8 Å². The Bertz CT molecular complexity index is 286. The van der Waals surface area contributed by atoms with E-state index in [-0.39, 0.29) is 18.4 Å². The van der Waals surface area contributed by atoms with Gasteiger partial charge in [-0.25, -0.2) is 0 Å². The lowest BCUT2D eigenvalue weighted by molar-refractivity contribution is -0.142. The first-order valence-corrected chi connectivity index (χ1v) is 6.32. The van der Waals surface area contributed by atoms with Crippen molar-refractivity contribution in [2.75, 3.05) is 60.0 Å². The lowest BCUT2D eigenvalue weighted by atomic mass is 10.3. The standard InChI is InChI=1S/C12H23N3O3/c1-4-18-10-12(17)15-7-5-14(6-8-15)11(16)9-13(2)3/h4-10H2,1-3H3. The van der Waals surface area contributed by atoms with Crippen LogP contribution in [-0.4, -0.2) is 86.5 Å². The molecule has 0 aromatic carbocycles. The summed E-state index contributed by atoms with van der Waals surface area (Å²) in [5, 5.41) is 0. The number of amides is 2. The second-order valence-corrected chi connectivity index (χ2v) is 4.64. The monoisotopic (exact) mass is 257 g/mol. The molecule has 1 heterocycles. The number of nitrogens with zero attached hydrogens (tertiary/aromatic N) is 3. The van der Waals surface area contributed by atoms with Crippen molar-refractivity contribution in [2.24, 2.45) is 0 Å². The van der Waals surface area contributed by atoms with Crippen molar-refractivity contribution >= 4 is 11.8 Å². The van der Waals surface area contributed by atoms with Gasteiger partial charge in [-0.3, -0.25) is 9.59 Å². The van der Waals surface area contributed by atoms with Gasteiger partial charge in [0.25, 0.3) is 0 Å². The van der Waals surface area contributed by atoms with E-state index in [1.165, 1.54) is 0 Å². The zero-order valence-corrected chi connectivity index (χ0v) is 11.5. The summed E-state index contributed by atoms with van der Waals surface area (Å²) in [4.78, 5) is 28.9. The number of hydrogen-bond donors (Lipinski definition) is 0. The molecule has 0 saturated carbocycles. The van der Waals surface area contributed by atoms with E-state index in [0.29, 0.717) is 39.3 Å². The summed E-state index contributed by atoms with van der Waals surface area (Å²) in [6.07, 6.45) is 0. The minimum absolute atomic E-state index is 0.0107. The fourth-order valence-corrected chi connectivity index (χ4v) is 1.86. The van der Waals surface area contributed by atoms with Crippen LogP contribution in [0.1, 0.15) is 6.92 Å². The minimum atomic E-state index is 0.0107. The maximum absolute atomic E-state index is 11.8. The van der Waals surface area contributed by atoms with E-state index >= 15 is 0 Å². The number of rotatable bonds is 5. The number of piperazine rings is 1. The third-order valence-corrected chi connectivity index (χ3v) is 2.87. The average Bonchev–Trinajstić information content (AvgIpc) is 2.35. The van der Waals surface area contributed by atoms with E-state index in [1.807, 2.05) is 30.8 Å². The molecular formula is C12H23N3O3. The summed E-state index contributed by atoms with van der Waals surface area (Å²) < 4.78 is 5.10. The Hall–Kier alpha value is -1.14. The molecule has 0 unspecified atom stereocenters. The third-order valence-electron chi connectivity index (χ3n) is 2.87. The van der Waals surface area contributed by atoms with Crippen LogP contribution in [0.25, 0.3) is 0 Å². The maximum atomic E-state index is 11.8. The first kappa shape index (κ1) is 14.9. The number of likely N-dealkylation sites (N-methyl/N-ethyl adjacent to an activating group) is 1. The van der Waals surface area contributed by atoms with Gasteiger partial charge in [-0.05, 0) is 21.0 Å². The van der Waals surface area contributed by atoms with Crippen molar-refractivity contribution in [3.05, 3.63) is 0 Å². The molecule has 0 aliphatic carbocycles. The molecule has 2 amide bonds. The maximum Gasteiger partial charge on any atom is 0.248 e. The van der Waals surface area contributed by atoms with Gasteiger partial charge in [0, 0.05) is 32.8 Å². The smallest absolute Gasteiger partial charge is 0.248 e. The van der Waals surface area contributed by atoms with Gasteiger partial charge in [-0.1, -0.05) is 0 Å². The molecule has 1 aliphatic rings. The quantitative estimate of drug-likeness (QED) is 0.651. The molecule has 0 spiro atoms. The molecule has 6 heteroatoms. The van der Waals surface area contributed by atoms with Crippen molar-refractivity contribution in [3.8, 4) is 0 Å². The van der Waals surface area contributed by atoms with Crippen LogP contribution in [0.3, 0.4) is 0 Å². The molecule has 0 radical (unpaired) electrons. The lowest BCUT2D eigenvalue weighted by Crippen LogP contribution is -2.52. The van der Waals surface area contributed by atoms with Crippen LogP contribution in [0.15, 0.2) is 0 Å². The molecular weight excluding hydrogens is 234 g/mol. The Kier molecular flexibility index (Phi) is 6.07. The lowest BCUT2D eigenvalue weighted by Gasteiger charge is -2.35. The Balaban J connectivity index is 2.32. The van der Waals surface area contributed by atoms with Gasteiger partial charge in [0.05, 0.1) is 6.54 Å². The first-order valence-electron chi connectivity index (χ1n) is 6.32. The van der Waals surface area contributed by atoms with E-state index in [0.717, 1.165) is 0 Å². The van der Waals surface area contributed by atoms with Crippen molar-refractivity contribution in [3.63, 3.8) is 0 Å². The molecule has 18 heavy (non-hydrogen) atoms. The average molecular weight is 257 g/mol. The minimum Gasteiger partial charge on any atom is -0.372 e. The van der Waals surface area contributed by atoms with Gasteiger partial charge < -0.3 is 19.4 Å². The van der Waals surface area contributed by atoms with Crippen LogP contribution in [0.5, 0.6) is 0 Å². The van der Waals surface area contributed by atoms with E-state index in [1.54, 1.807) is 4.90 Å². The molecule has 104 valence electrons. The van der Waals surface area contributed by atoms with Crippen LogP contribution in [-0.2, 0) is 14.3 Å². The molecule has 0 bridgehead atoms. The highest BCUT2D eigenvalue weighted by molar-refractivity contribution is 5.80. The molecule has 0 aromatic rings. The molecule has 1 saturated heterocycles. The summed E-state index contributed by atoms with van der Waals surface area (Å²) in [6, 6.07) is 0. The molecule has 1 fully saturated rings. The Morgan fingerprint density at radius 3 is 2.00 bits per heavy atom. The van der Waals surface area contributed by atoms with Crippen LogP contribution in [0.2, 0.25) is 0 Å². The predicted molar refractivity (Wildman–Crippen MR) is 68.2 cm³/mol. The number of carbonyl (C=O) groups is 2. The molecule has 1 aliphatic heterocycles. The van der Waals surface area contributed by atoms with Crippen molar-refractivity contribution in [1.29, 1.82) is 0 Å². The Labute approximate surface area is 108 Å². The van der Waals surface area contributed by atoms with E-state index < -0.39 is 0 Å². The fourth-order valence-electron chi connectivity index (χ4n) is 1.86. The zero-order chi connectivity index (χ0) is 13.5. The summed E-state index contributed by atoms with van der Waals surface area (Å²) >= 11 is 0. The summed E-state index contributed by atoms with van der Waals surface area (Å²) in [5.41, 5.74) is 0. The van der Waals surface area contributed by atoms with Crippen molar-refractivity contribution < 1.29 is 14.3 Å². The van der Waals surface area contributed by atoms with Crippen LogP contribution < -0.4 is 0 Å². The van der Waals surface area contributed by atoms with E-state index in [4.69, 9.17) is 4.74 Å². The van der Waals surface area contributed by atoms with Crippen molar-refractivity contribution in [1.82, 2.24) is 14.7 Å². The highest BCUT2D eigenvalue weighted by Gasteiger charge is 2.23. The molecule has 0 aromatic heterocycles. The first-order chi connectivity index (χ1) is 8.54. The predicted octanol–water partition coefficient (Wildman–Crippen LogP) is -0.745. The SMILES string of the molecule is CCOCC(=O)N1CCN(C(=O)CN(C)C)CC1. The van der Waals surface area contributed by atoms with Crippen molar-refractivity contribution in [2.45, 2.75) is 6.92 Å². The van der Waals surface area contributed by atoms with Crippen LogP contribution >= 0.6 is 0 Å². The number of ether oxygens (including phenoxy) is 1. The van der Waals surface area contributed by atoms with E-state index in [2.05, 4.69) is 0 Å². The van der Waals surface area contributed by atoms with Crippen LogP contribution in [0, 0.1) is 0 Å². The Morgan fingerprint density at radius 2 is 1.56 bits per heavy atom. The third kappa shape index (κ3) is 4.62. The highest BCUT2D eigenvalue weighted by Crippen LogP contribution is 2.03. The molecule has 0 N–H and O–H groups in total. The number of hydrogen-bond acceptors (Lipinski definition) is 4. The van der Waals surface area contributed by atoms with Gasteiger partial charge in [-0.15, -0.1) is 0 Å². The summed E-state index contributed by atoms with van der Waals surface area (Å²) in [7, 11) is 3.75. The second-order valence-electron chi connectivity index (χ2n) is 4.64. The molecule has 1 rings (SSSR count). The topological polar surface area (TPSA) is 53.1 Å². The Morgan fingerprint density at radius 1 is 1.06 bits per heavy atom. The number of carbonyl (C=O) groups excluding carboxylic acids is 2. The molecule has 6 nitrogen and oxygen atoms in total. The largest absolute Gasteiger partial charge is 0.372 e. The van der Waals surface area contributed by atoms with Gasteiger partial charge in [0.1, 0.15) is 6.61 Å². The fraction of sp³-hybridized carbons (Fsp3) is 0.833. The van der Waals surface area contributed by atoms with E-state index in [9.17, 15) is 9.59 Å². The van der Waals surface area contributed by atoms with Gasteiger partial charge in [0.15, 0.2) is 0 Å². The second kappa shape index (κ2) is 7.33.